The Morgan fingerprint density at radius 1 is 0.783 bits per heavy atom. The van der Waals surface area contributed by atoms with Gasteiger partial charge in [0.25, 0.3) is 10.1 Å². The summed E-state index contributed by atoms with van der Waals surface area (Å²) in [6.45, 7) is 0. The molecule has 0 fully saturated rings. The molecule has 0 spiro atoms. The van der Waals surface area contributed by atoms with Gasteiger partial charge in [-0.15, -0.1) is 0 Å². The van der Waals surface area contributed by atoms with Gasteiger partial charge in [-0.1, -0.05) is 18.2 Å². The fraction of sp³-hybridized carbons (Fsp3) is 0. The molecule has 4 N–H and O–H groups in total. The topological polar surface area (TPSA) is 125 Å². The van der Waals surface area contributed by atoms with Crippen LogP contribution < -0.4 is 16.0 Å². The molecule has 0 atom stereocenters. The predicted molar refractivity (Wildman–Crippen MR) is 83.9 cm³/mol. The molecule has 0 aliphatic heterocycles. The first kappa shape index (κ1) is 16.5. The van der Waals surface area contributed by atoms with Crippen LogP contribution in [0.3, 0.4) is 0 Å². The lowest BCUT2D eigenvalue weighted by atomic mass is 10.3. The highest BCUT2D eigenvalue weighted by atomic mass is 32.2. The molecule has 23 heavy (non-hydrogen) atoms. The van der Waals surface area contributed by atoms with Crippen molar-refractivity contribution in [2.75, 3.05) is 10.6 Å². The van der Waals surface area contributed by atoms with Crippen molar-refractivity contribution in [3.63, 3.8) is 0 Å². The lowest BCUT2D eigenvalue weighted by Crippen LogP contribution is -2.37. The van der Waals surface area contributed by atoms with Crippen LogP contribution in [0.5, 0.6) is 0 Å². The summed E-state index contributed by atoms with van der Waals surface area (Å²) >= 11 is 0. The Hall–Kier alpha value is -2.91. The summed E-state index contributed by atoms with van der Waals surface area (Å²) < 4.78 is 30.6. The number of rotatable bonds is 3. The normalized spacial score (nSPS) is 10.7. The van der Waals surface area contributed by atoms with Crippen LogP contribution in [-0.4, -0.2) is 25.0 Å². The quantitative estimate of drug-likeness (QED) is 0.641. The number of carbonyl (C=O) groups excluding carboxylic acids is 2. The lowest BCUT2D eigenvalue weighted by molar-refractivity contribution is 0.240. The maximum Gasteiger partial charge on any atom is 0.327 e. The van der Waals surface area contributed by atoms with Crippen LogP contribution in [0.15, 0.2) is 59.5 Å². The monoisotopic (exact) mass is 335 g/mol. The van der Waals surface area contributed by atoms with Crippen LogP contribution in [0, 0.1) is 0 Å². The highest BCUT2D eigenvalue weighted by Crippen LogP contribution is 2.13. The Bertz CT molecular complexity index is 804. The third kappa shape index (κ3) is 5.09. The van der Waals surface area contributed by atoms with Gasteiger partial charge in [0.2, 0.25) is 0 Å². The third-order valence-electron chi connectivity index (χ3n) is 2.67. The molecule has 0 saturated carbocycles. The van der Waals surface area contributed by atoms with Crippen LogP contribution in [0.25, 0.3) is 0 Å². The largest absolute Gasteiger partial charge is 0.327 e. The number of urea groups is 2. The Morgan fingerprint density at radius 3 is 1.74 bits per heavy atom. The molecule has 120 valence electrons. The van der Waals surface area contributed by atoms with Crippen LogP contribution >= 0.6 is 0 Å². The van der Waals surface area contributed by atoms with Crippen molar-refractivity contribution in [3.8, 4) is 0 Å². The van der Waals surface area contributed by atoms with Gasteiger partial charge in [0, 0.05) is 11.4 Å². The molecule has 8 nitrogen and oxygen atoms in total. The van der Waals surface area contributed by atoms with Gasteiger partial charge >= 0.3 is 12.1 Å². The molecule has 0 aromatic heterocycles. The molecule has 4 amide bonds. The minimum absolute atomic E-state index is 0.252. The van der Waals surface area contributed by atoms with Crippen LogP contribution in [0.1, 0.15) is 0 Å². The first-order valence-corrected chi connectivity index (χ1v) is 7.80. The molecule has 0 saturated heterocycles. The van der Waals surface area contributed by atoms with E-state index < -0.39 is 22.2 Å². The molecule has 0 aliphatic rings. The van der Waals surface area contributed by atoms with Crippen molar-refractivity contribution in [1.29, 1.82) is 0 Å². The number of carbonyl (C=O) groups is 2. The summed E-state index contributed by atoms with van der Waals surface area (Å²) in [7, 11) is -4.29. The number of para-hydroxylation sites is 1. The van der Waals surface area contributed by atoms with E-state index in [-0.39, 0.29) is 10.6 Å². The minimum atomic E-state index is -4.29. The van der Waals surface area contributed by atoms with Gasteiger partial charge in [-0.05, 0) is 36.4 Å². The van der Waals surface area contributed by atoms with Crippen LogP contribution in [-0.2, 0) is 10.1 Å². The van der Waals surface area contributed by atoms with E-state index in [1.165, 1.54) is 12.1 Å². The number of imide groups is 1. The Morgan fingerprint density at radius 2 is 1.26 bits per heavy atom. The second-order valence-electron chi connectivity index (χ2n) is 4.40. The van der Waals surface area contributed by atoms with E-state index in [1.54, 1.807) is 30.3 Å². The summed E-state index contributed by atoms with van der Waals surface area (Å²) in [6, 6.07) is 11.8. The number of nitrogens with one attached hydrogen (secondary N) is 3. The van der Waals surface area contributed by atoms with E-state index in [1.807, 2.05) is 0 Å². The van der Waals surface area contributed by atoms with E-state index in [0.29, 0.717) is 5.69 Å². The number of hydrogen-bond donors (Lipinski definition) is 4. The van der Waals surface area contributed by atoms with E-state index in [0.717, 1.165) is 12.1 Å². The average Bonchev–Trinajstić information content (AvgIpc) is 2.47. The van der Waals surface area contributed by atoms with E-state index in [2.05, 4.69) is 16.0 Å². The summed E-state index contributed by atoms with van der Waals surface area (Å²) in [5.41, 5.74) is 0.776. The molecular formula is C14H13N3O5S. The van der Waals surface area contributed by atoms with Gasteiger partial charge < -0.3 is 10.6 Å². The predicted octanol–water partition coefficient (Wildman–Crippen LogP) is 2.29. The van der Waals surface area contributed by atoms with E-state index in [9.17, 15) is 18.0 Å². The summed E-state index contributed by atoms with van der Waals surface area (Å²) in [5, 5.41) is 6.87. The van der Waals surface area contributed by atoms with E-state index >= 15 is 0 Å². The fourth-order valence-corrected chi connectivity index (χ4v) is 2.14. The van der Waals surface area contributed by atoms with Gasteiger partial charge in [0.05, 0.1) is 4.90 Å². The Labute approximate surface area is 132 Å². The second-order valence-corrected chi connectivity index (χ2v) is 5.82. The van der Waals surface area contributed by atoms with Gasteiger partial charge in [-0.25, -0.2) is 9.59 Å². The summed E-state index contributed by atoms with van der Waals surface area (Å²) in [4.78, 5) is 22.9. The smallest absolute Gasteiger partial charge is 0.308 e. The van der Waals surface area contributed by atoms with E-state index in [4.69, 9.17) is 4.55 Å². The van der Waals surface area contributed by atoms with Crippen LogP contribution in [0.4, 0.5) is 21.0 Å². The Kier molecular flexibility index (Phi) is 4.94. The van der Waals surface area contributed by atoms with Gasteiger partial charge in [0.15, 0.2) is 0 Å². The zero-order valence-electron chi connectivity index (χ0n) is 11.7. The highest BCUT2D eigenvalue weighted by molar-refractivity contribution is 7.85. The molecule has 0 heterocycles. The standard InChI is InChI=1S/C14H13N3O5S/c18-13(15-10-4-2-1-3-5-10)17-14(19)16-11-6-8-12(9-7-11)23(20,21)22/h1-9H,(H,20,21,22)(H3,15,16,17,18,19). The number of amides is 4. The lowest BCUT2D eigenvalue weighted by Gasteiger charge is -2.08. The first-order chi connectivity index (χ1) is 10.8. The molecule has 2 aromatic rings. The van der Waals surface area contributed by atoms with Crippen molar-refractivity contribution in [2.45, 2.75) is 4.90 Å². The zero-order chi connectivity index (χ0) is 16.9. The van der Waals surface area contributed by atoms with Crippen LogP contribution in [0.2, 0.25) is 0 Å². The molecular weight excluding hydrogens is 322 g/mol. The number of hydrogen-bond acceptors (Lipinski definition) is 4. The van der Waals surface area contributed by atoms with Gasteiger partial charge in [-0.3, -0.25) is 9.87 Å². The zero-order valence-corrected chi connectivity index (χ0v) is 12.5. The number of benzene rings is 2. The maximum atomic E-state index is 11.6. The molecule has 0 aliphatic carbocycles. The van der Waals surface area contributed by atoms with Crippen molar-refractivity contribution in [1.82, 2.24) is 5.32 Å². The highest BCUT2D eigenvalue weighted by Gasteiger charge is 2.11. The van der Waals surface area contributed by atoms with Gasteiger partial charge in [0.1, 0.15) is 0 Å². The summed E-state index contributed by atoms with van der Waals surface area (Å²) in [6.07, 6.45) is 0. The molecule has 9 heteroatoms. The summed E-state index contributed by atoms with van der Waals surface area (Å²) in [5.74, 6) is 0. The van der Waals surface area contributed by atoms with Crippen molar-refractivity contribution in [2.24, 2.45) is 0 Å². The van der Waals surface area contributed by atoms with Crippen molar-refractivity contribution >= 4 is 33.6 Å². The van der Waals surface area contributed by atoms with Crippen molar-refractivity contribution < 1.29 is 22.6 Å². The molecule has 2 aromatic carbocycles. The van der Waals surface area contributed by atoms with Gasteiger partial charge in [-0.2, -0.15) is 8.42 Å². The molecule has 0 radical (unpaired) electrons. The average molecular weight is 335 g/mol. The fourth-order valence-electron chi connectivity index (χ4n) is 1.66. The minimum Gasteiger partial charge on any atom is -0.308 e. The second kappa shape index (κ2) is 6.90. The first-order valence-electron chi connectivity index (χ1n) is 6.36. The maximum absolute atomic E-state index is 11.6. The molecule has 0 bridgehead atoms. The Balaban J connectivity index is 1.90. The molecule has 2 rings (SSSR count). The SMILES string of the molecule is O=C(NC(=O)Nc1ccc(S(=O)(=O)O)cc1)Nc1ccccc1. The molecule has 0 unspecified atom stereocenters. The third-order valence-corrected chi connectivity index (χ3v) is 3.54. The van der Waals surface area contributed by atoms with Crippen molar-refractivity contribution in [3.05, 3.63) is 54.6 Å². The number of anilines is 2.